The SMILES string of the molecule is Fc1cccc(Cl)c1CCC1CCCNC1. The van der Waals surface area contributed by atoms with Gasteiger partial charge in [-0.15, -0.1) is 0 Å². The minimum atomic E-state index is -0.170. The highest BCUT2D eigenvalue weighted by Gasteiger charge is 2.14. The Hall–Kier alpha value is -0.600. The van der Waals surface area contributed by atoms with Gasteiger partial charge in [-0.2, -0.15) is 0 Å². The van der Waals surface area contributed by atoms with E-state index in [9.17, 15) is 4.39 Å². The molecule has 1 aromatic carbocycles. The molecule has 0 aliphatic carbocycles. The molecule has 0 spiro atoms. The fourth-order valence-electron chi connectivity index (χ4n) is 2.29. The van der Waals surface area contributed by atoms with Crippen LogP contribution in [0.5, 0.6) is 0 Å². The van der Waals surface area contributed by atoms with Crippen molar-refractivity contribution in [2.24, 2.45) is 5.92 Å². The fraction of sp³-hybridized carbons (Fsp3) is 0.538. The Bertz CT molecular complexity index is 328. The van der Waals surface area contributed by atoms with Crippen LogP contribution in [0, 0.1) is 11.7 Å². The van der Waals surface area contributed by atoms with Crippen LogP contribution in [0.1, 0.15) is 24.8 Å². The molecule has 1 fully saturated rings. The molecule has 1 atom stereocenters. The molecule has 16 heavy (non-hydrogen) atoms. The molecular weight excluding hydrogens is 225 g/mol. The van der Waals surface area contributed by atoms with Crippen molar-refractivity contribution in [3.8, 4) is 0 Å². The van der Waals surface area contributed by atoms with E-state index in [-0.39, 0.29) is 5.82 Å². The number of rotatable bonds is 3. The number of hydrogen-bond donors (Lipinski definition) is 1. The van der Waals surface area contributed by atoms with E-state index < -0.39 is 0 Å². The van der Waals surface area contributed by atoms with E-state index in [4.69, 9.17) is 11.6 Å². The standard InChI is InChI=1S/C13H17ClFN/c14-12-4-1-5-13(15)11(12)7-6-10-3-2-8-16-9-10/h1,4-5,10,16H,2-3,6-9H2. The molecule has 0 bridgehead atoms. The van der Waals surface area contributed by atoms with Crippen molar-refractivity contribution < 1.29 is 4.39 Å². The van der Waals surface area contributed by atoms with Crippen molar-refractivity contribution in [2.75, 3.05) is 13.1 Å². The van der Waals surface area contributed by atoms with Gasteiger partial charge in [0.05, 0.1) is 0 Å². The molecule has 0 amide bonds. The second kappa shape index (κ2) is 5.65. The summed E-state index contributed by atoms with van der Waals surface area (Å²) in [6.45, 7) is 2.18. The maximum Gasteiger partial charge on any atom is 0.127 e. The minimum Gasteiger partial charge on any atom is -0.316 e. The molecule has 2 rings (SSSR count). The Kier molecular flexibility index (Phi) is 4.19. The van der Waals surface area contributed by atoms with Crippen LogP contribution in [-0.2, 0) is 6.42 Å². The molecule has 1 aromatic rings. The van der Waals surface area contributed by atoms with Crippen molar-refractivity contribution in [2.45, 2.75) is 25.7 Å². The number of piperidine rings is 1. The Morgan fingerprint density at radius 3 is 3.00 bits per heavy atom. The minimum absolute atomic E-state index is 0.170. The van der Waals surface area contributed by atoms with Gasteiger partial charge >= 0.3 is 0 Å². The quantitative estimate of drug-likeness (QED) is 0.855. The number of benzene rings is 1. The highest BCUT2D eigenvalue weighted by molar-refractivity contribution is 6.31. The van der Waals surface area contributed by atoms with Crippen molar-refractivity contribution in [3.63, 3.8) is 0 Å². The molecule has 3 heteroatoms. The summed E-state index contributed by atoms with van der Waals surface area (Å²) in [5, 5.41) is 3.93. The second-order valence-corrected chi connectivity index (χ2v) is 4.86. The topological polar surface area (TPSA) is 12.0 Å². The van der Waals surface area contributed by atoms with Crippen LogP contribution in [0.4, 0.5) is 4.39 Å². The predicted molar refractivity (Wildman–Crippen MR) is 65.3 cm³/mol. The van der Waals surface area contributed by atoms with Gasteiger partial charge in [0, 0.05) is 10.6 Å². The van der Waals surface area contributed by atoms with E-state index in [2.05, 4.69) is 5.32 Å². The number of halogens is 2. The molecule has 1 saturated heterocycles. The van der Waals surface area contributed by atoms with Crippen LogP contribution in [0.15, 0.2) is 18.2 Å². The molecule has 1 unspecified atom stereocenters. The summed E-state index contributed by atoms with van der Waals surface area (Å²) in [7, 11) is 0. The predicted octanol–water partition coefficient (Wildman–Crippen LogP) is 3.41. The summed E-state index contributed by atoms with van der Waals surface area (Å²) < 4.78 is 13.5. The summed E-state index contributed by atoms with van der Waals surface area (Å²) in [4.78, 5) is 0. The molecule has 0 radical (unpaired) electrons. The normalized spacial score (nSPS) is 21.0. The molecule has 0 saturated carbocycles. The van der Waals surface area contributed by atoms with Gasteiger partial charge in [0.2, 0.25) is 0 Å². The van der Waals surface area contributed by atoms with Gasteiger partial charge in [0.1, 0.15) is 5.82 Å². The van der Waals surface area contributed by atoms with E-state index >= 15 is 0 Å². The molecule has 0 aromatic heterocycles. The van der Waals surface area contributed by atoms with E-state index in [0.29, 0.717) is 16.5 Å². The highest BCUT2D eigenvalue weighted by Crippen LogP contribution is 2.23. The fourth-order valence-corrected chi connectivity index (χ4v) is 2.55. The second-order valence-electron chi connectivity index (χ2n) is 4.45. The first kappa shape index (κ1) is 11.9. The lowest BCUT2D eigenvalue weighted by Gasteiger charge is -2.22. The van der Waals surface area contributed by atoms with E-state index in [1.54, 1.807) is 12.1 Å². The maximum absolute atomic E-state index is 13.5. The third kappa shape index (κ3) is 2.96. The Labute approximate surface area is 101 Å². The zero-order chi connectivity index (χ0) is 11.4. The van der Waals surface area contributed by atoms with Crippen LogP contribution < -0.4 is 5.32 Å². The Morgan fingerprint density at radius 1 is 1.44 bits per heavy atom. The lowest BCUT2D eigenvalue weighted by molar-refractivity contribution is 0.356. The first-order chi connectivity index (χ1) is 7.77. The number of nitrogens with one attached hydrogen (secondary N) is 1. The van der Waals surface area contributed by atoms with Gasteiger partial charge in [-0.25, -0.2) is 4.39 Å². The maximum atomic E-state index is 13.5. The zero-order valence-corrected chi connectivity index (χ0v) is 10.1. The first-order valence-electron chi connectivity index (χ1n) is 5.91. The van der Waals surface area contributed by atoms with Crippen molar-refractivity contribution in [1.82, 2.24) is 5.32 Å². The summed E-state index contributed by atoms with van der Waals surface area (Å²) in [6.07, 6.45) is 4.25. The monoisotopic (exact) mass is 241 g/mol. The van der Waals surface area contributed by atoms with Gasteiger partial charge in [0.25, 0.3) is 0 Å². The molecule has 1 aliphatic heterocycles. The van der Waals surface area contributed by atoms with E-state index in [1.807, 2.05) is 0 Å². The molecule has 88 valence electrons. The van der Waals surface area contributed by atoms with E-state index in [1.165, 1.54) is 18.9 Å². The van der Waals surface area contributed by atoms with Gasteiger partial charge in [-0.3, -0.25) is 0 Å². The third-order valence-electron chi connectivity index (χ3n) is 3.26. The lowest BCUT2D eigenvalue weighted by atomic mass is 9.92. The summed E-state index contributed by atoms with van der Waals surface area (Å²) in [5.74, 6) is 0.501. The Morgan fingerprint density at radius 2 is 2.31 bits per heavy atom. The van der Waals surface area contributed by atoms with Crippen molar-refractivity contribution in [1.29, 1.82) is 0 Å². The molecule has 1 heterocycles. The smallest absolute Gasteiger partial charge is 0.127 e. The number of hydrogen-bond acceptors (Lipinski definition) is 1. The molecule has 1 aliphatic rings. The molecule has 1 nitrogen and oxygen atoms in total. The zero-order valence-electron chi connectivity index (χ0n) is 9.31. The van der Waals surface area contributed by atoms with Crippen LogP contribution in [0.3, 0.4) is 0 Å². The summed E-state index contributed by atoms with van der Waals surface area (Å²) in [6, 6.07) is 4.91. The van der Waals surface area contributed by atoms with Gasteiger partial charge in [0.15, 0.2) is 0 Å². The van der Waals surface area contributed by atoms with Gasteiger partial charge < -0.3 is 5.32 Å². The van der Waals surface area contributed by atoms with Crippen molar-refractivity contribution >= 4 is 11.6 Å². The third-order valence-corrected chi connectivity index (χ3v) is 3.62. The van der Waals surface area contributed by atoms with Crippen LogP contribution >= 0.6 is 11.6 Å². The summed E-state index contributed by atoms with van der Waals surface area (Å²) in [5.41, 5.74) is 0.676. The van der Waals surface area contributed by atoms with Gasteiger partial charge in [-0.05, 0) is 56.8 Å². The molecule has 1 N–H and O–H groups in total. The summed E-state index contributed by atoms with van der Waals surface area (Å²) >= 11 is 5.99. The molecular formula is C13H17ClFN. The largest absolute Gasteiger partial charge is 0.316 e. The highest BCUT2D eigenvalue weighted by atomic mass is 35.5. The van der Waals surface area contributed by atoms with Crippen LogP contribution in [0.25, 0.3) is 0 Å². The average Bonchev–Trinajstić information content (AvgIpc) is 2.30. The average molecular weight is 242 g/mol. The Balaban J connectivity index is 1.93. The van der Waals surface area contributed by atoms with E-state index in [0.717, 1.165) is 25.9 Å². The van der Waals surface area contributed by atoms with Crippen LogP contribution in [-0.4, -0.2) is 13.1 Å². The van der Waals surface area contributed by atoms with Crippen LogP contribution in [0.2, 0.25) is 5.02 Å². The first-order valence-corrected chi connectivity index (χ1v) is 6.29. The lowest BCUT2D eigenvalue weighted by Crippen LogP contribution is -2.30. The van der Waals surface area contributed by atoms with Crippen molar-refractivity contribution in [3.05, 3.63) is 34.6 Å². The van der Waals surface area contributed by atoms with Gasteiger partial charge in [-0.1, -0.05) is 17.7 Å².